The molecule has 0 spiro atoms. The molecular formula is C28H16Br4O2. The van der Waals surface area contributed by atoms with E-state index in [2.05, 4.69) is 112 Å². The number of carbonyl (C=O) groups excluding carboxylic acids is 1. The van der Waals surface area contributed by atoms with E-state index < -0.39 is 11.0 Å². The van der Waals surface area contributed by atoms with Crippen LogP contribution in [0, 0.1) is 0 Å². The number of halogens is 4. The molecule has 0 aromatic heterocycles. The lowest BCUT2D eigenvalue weighted by atomic mass is 9.62. The van der Waals surface area contributed by atoms with Crippen molar-refractivity contribution in [2.75, 3.05) is 7.11 Å². The lowest BCUT2D eigenvalue weighted by molar-refractivity contribution is -0.121. The fraction of sp³-hybridized carbons (Fsp3) is 0.107. The summed E-state index contributed by atoms with van der Waals surface area (Å²) < 4.78 is 10.3. The minimum atomic E-state index is -1.12. The first-order valence-electron chi connectivity index (χ1n) is 10.6. The van der Waals surface area contributed by atoms with Crippen LogP contribution in [0.3, 0.4) is 0 Å². The van der Waals surface area contributed by atoms with Crippen molar-refractivity contribution in [3.05, 3.63) is 113 Å². The topological polar surface area (TPSA) is 26.3 Å². The monoisotopic (exact) mass is 700 g/mol. The lowest BCUT2D eigenvalue weighted by Crippen LogP contribution is -2.51. The highest BCUT2D eigenvalue weighted by Gasteiger charge is 2.64. The largest absolute Gasteiger partial charge is 0.367 e. The number of hydrogen-bond donors (Lipinski definition) is 0. The molecule has 34 heavy (non-hydrogen) atoms. The highest BCUT2D eigenvalue weighted by atomic mass is 79.9. The Hall–Kier alpha value is -1.57. The molecule has 2 aliphatic rings. The van der Waals surface area contributed by atoms with Gasteiger partial charge >= 0.3 is 0 Å². The molecule has 0 fully saturated rings. The Bertz CT molecular complexity index is 1420. The van der Waals surface area contributed by atoms with Gasteiger partial charge in [-0.25, -0.2) is 0 Å². The predicted molar refractivity (Wildman–Crippen MR) is 149 cm³/mol. The van der Waals surface area contributed by atoms with Crippen molar-refractivity contribution in [1.82, 2.24) is 0 Å². The molecule has 0 N–H and O–H groups in total. The van der Waals surface area contributed by atoms with Crippen LogP contribution in [-0.2, 0) is 20.5 Å². The van der Waals surface area contributed by atoms with E-state index in [9.17, 15) is 4.79 Å². The van der Waals surface area contributed by atoms with Gasteiger partial charge < -0.3 is 9.53 Å². The first kappa shape index (κ1) is 22.9. The Labute approximate surface area is 231 Å². The van der Waals surface area contributed by atoms with E-state index in [1.54, 1.807) is 7.11 Å². The minimum absolute atomic E-state index is 0.914. The zero-order valence-corrected chi connectivity index (χ0v) is 24.2. The van der Waals surface area contributed by atoms with Gasteiger partial charge in [0, 0.05) is 25.0 Å². The standard InChI is InChI=1S/C28H16Br4O2/c1-34-28(25-12-17(31)4-8-21(25)22-9-5-18(32)13-26(22)28)27(14-33)23-10-15(29)2-6-19(23)20-7-3-16(30)11-24(20)27/h2-14H,1H3. The van der Waals surface area contributed by atoms with Crippen LogP contribution < -0.4 is 0 Å². The minimum Gasteiger partial charge on any atom is -0.367 e. The van der Waals surface area contributed by atoms with Gasteiger partial charge in [0.2, 0.25) is 0 Å². The van der Waals surface area contributed by atoms with E-state index in [1.807, 2.05) is 24.3 Å². The third-order valence-corrected chi connectivity index (χ3v) is 9.13. The van der Waals surface area contributed by atoms with Crippen molar-refractivity contribution >= 4 is 70.0 Å². The van der Waals surface area contributed by atoms with Crippen molar-refractivity contribution < 1.29 is 9.53 Å². The highest BCUT2D eigenvalue weighted by molar-refractivity contribution is 9.11. The van der Waals surface area contributed by atoms with Gasteiger partial charge in [-0.3, -0.25) is 0 Å². The Morgan fingerprint density at radius 2 is 0.912 bits per heavy atom. The summed E-state index contributed by atoms with van der Waals surface area (Å²) in [4.78, 5) is 13.7. The molecule has 0 aliphatic heterocycles. The molecule has 4 aromatic carbocycles. The van der Waals surface area contributed by atoms with Gasteiger partial charge in [0.1, 0.15) is 17.3 Å². The Balaban J connectivity index is 1.86. The van der Waals surface area contributed by atoms with Crippen molar-refractivity contribution in [2.45, 2.75) is 11.0 Å². The zero-order chi connectivity index (χ0) is 23.8. The van der Waals surface area contributed by atoms with Crippen LogP contribution in [0.25, 0.3) is 22.3 Å². The van der Waals surface area contributed by atoms with Crippen LogP contribution in [0.15, 0.2) is 90.7 Å². The summed E-state index contributed by atoms with van der Waals surface area (Å²) in [5, 5.41) is 0. The van der Waals surface area contributed by atoms with Gasteiger partial charge in [0.25, 0.3) is 0 Å². The van der Waals surface area contributed by atoms with E-state index in [4.69, 9.17) is 4.74 Å². The Morgan fingerprint density at radius 3 is 1.24 bits per heavy atom. The van der Waals surface area contributed by atoms with Crippen molar-refractivity contribution in [1.29, 1.82) is 0 Å². The second kappa shape index (κ2) is 7.97. The number of carbonyl (C=O) groups is 1. The fourth-order valence-corrected chi connectivity index (χ4v) is 7.37. The predicted octanol–water partition coefficient (Wildman–Crippen LogP) is 8.77. The molecule has 168 valence electrons. The van der Waals surface area contributed by atoms with E-state index >= 15 is 0 Å². The van der Waals surface area contributed by atoms with Gasteiger partial charge in [0.15, 0.2) is 0 Å². The smallest absolute Gasteiger partial charge is 0.139 e. The molecule has 0 radical (unpaired) electrons. The molecule has 6 rings (SSSR count). The van der Waals surface area contributed by atoms with Crippen molar-refractivity contribution in [2.24, 2.45) is 0 Å². The number of methoxy groups -OCH3 is 1. The van der Waals surface area contributed by atoms with Gasteiger partial charge in [-0.05, 0) is 93.0 Å². The molecule has 6 heteroatoms. The van der Waals surface area contributed by atoms with Gasteiger partial charge in [-0.2, -0.15) is 0 Å². The average molecular weight is 704 g/mol. The summed E-state index contributed by atoms with van der Waals surface area (Å²) in [6.45, 7) is 0. The first-order chi connectivity index (χ1) is 16.4. The van der Waals surface area contributed by atoms with Crippen molar-refractivity contribution in [3.63, 3.8) is 0 Å². The molecule has 2 nitrogen and oxygen atoms in total. The molecule has 0 saturated carbocycles. The van der Waals surface area contributed by atoms with Crippen LogP contribution in [0.5, 0.6) is 0 Å². The third kappa shape index (κ3) is 2.78. The number of hydrogen-bond acceptors (Lipinski definition) is 2. The first-order valence-corrected chi connectivity index (χ1v) is 13.8. The number of fused-ring (bicyclic) bond motifs is 6. The van der Waals surface area contributed by atoms with Gasteiger partial charge in [-0.15, -0.1) is 0 Å². The van der Waals surface area contributed by atoms with E-state index in [-0.39, 0.29) is 0 Å². The molecule has 0 unspecified atom stereocenters. The van der Waals surface area contributed by atoms with Crippen LogP contribution in [-0.4, -0.2) is 13.4 Å². The van der Waals surface area contributed by atoms with Crippen LogP contribution >= 0.6 is 63.7 Å². The number of ether oxygens (including phenoxy) is 1. The summed E-state index contributed by atoms with van der Waals surface area (Å²) in [5.74, 6) is 0. The average Bonchev–Trinajstić information content (AvgIpc) is 3.25. The van der Waals surface area contributed by atoms with Crippen LogP contribution in [0.2, 0.25) is 0 Å². The maximum atomic E-state index is 13.7. The summed E-state index contributed by atoms with van der Waals surface area (Å²) in [7, 11) is 1.71. The number of aldehydes is 1. The van der Waals surface area contributed by atoms with Crippen LogP contribution in [0.1, 0.15) is 22.3 Å². The number of benzene rings is 4. The van der Waals surface area contributed by atoms with Crippen LogP contribution in [0.4, 0.5) is 0 Å². The normalized spacial score (nSPS) is 15.9. The molecule has 2 aliphatic carbocycles. The molecule has 0 bridgehead atoms. The SMILES string of the molecule is COC1(C2(C=O)c3cc(Br)ccc3-c3ccc(Br)cc32)c2cc(Br)ccc2-c2ccc(Br)cc21. The molecule has 0 saturated heterocycles. The molecule has 0 atom stereocenters. The summed E-state index contributed by atoms with van der Waals surface area (Å²) in [6, 6.07) is 24.8. The van der Waals surface area contributed by atoms with E-state index in [1.165, 1.54) is 0 Å². The summed E-state index contributed by atoms with van der Waals surface area (Å²) in [6.07, 6.45) is 1.08. The third-order valence-electron chi connectivity index (χ3n) is 7.15. The lowest BCUT2D eigenvalue weighted by Gasteiger charge is -2.45. The maximum absolute atomic E-state index is 13.7. The van der Waals surface area contributed by atoms with E-state index in [0.29, 0.717) is 0 Å². The van der Waals surface area contributed by atoms with Gasteiger partial charge in [0.05, 0.1) is 0 Å². The fourth-order valence-electron chi connectivity index (χ4n) is 5.93. The number of rotatable bonds is 3. The molecule has 0 heterocycles. The van der Waals surface area contributed by atoms with Gasteiger partial charge in [-0.1, -0.05) is 88.0 Å². The van der Waals surface area contributed by atoms with Crippen molar-refractivity contribution in [3.8, 4) is 22.3 Å². The molecule has 4 aromatic rings. The second-order valence-electron chi connectivity index (χ2n) is 8.57. The zero-order valence-electron chi connectivity index (χ0n) is 17.8. The summed E-state index contributed by atoms with van der Waals surface area (Å²) in [5.41, 5.74) is 5.75. The highest BCUT2D eigenvalue weighted by Crippen LogP contribution is 2.65. The second-order valence-corrected chi connectivity index (χ2v) is 12.2. The Morgan fingerprint density at radius 1 is 0.588 bits per heavy atom. The Kier molecular flexibility index (Phi) is 5.36. The molecular weight excluding hydrogens is 688 g/mol. The summed E-state index contributed by atoms with van der Waals surface area (Å²) >= 11 is 14.7. The quantitative estimate of drug-likeness (QED) is 0.200. The molecule has 0 amide bonds. The van der Waals surface area contributed by atoms with E-state index in [0.717, 1.165) is 68.7 Å². The maximum Gasteiger partial charge on any atom is 0.139 e.